The van der Waals surface area contributed by atoms with Crippen molar-refractivity contribution in [3.8, 4) is 5.75 Å². The first-order chi connectivity index (χ1) is 12.2. The van der Waals surface area contributed by atoms with E-state index in [0.29, 0.717) is 11.3 Å². The van der Waals surface area contributed by atoms with E-state index in [2.05, 4.69) is 13.5 Å². The molecule has 0 aromatic heterocycles. The Morgan fingerprint density at radius 2 is 1.72 bits per heavy atom. The molecule has 1 aromatic rings. The van der Waals surface area contributed by atoms with Crippen LogP contribution in [0.4, 0.5) is 0 Å². The number of esters is 1. The van der Waals surface area contributed by atoms with Crippen LogP contribution in [0.3, 0.4) is 0 Å². The van der Waals surface area contributed by atoms with E-state index in [1.54, 1.807) is 6.07 Å². The molecule has 0 amide bonds. The average Bonchev–Trinajstić information content (AvgIpc) is 2.63. The first-order valence-corrected chi connectivity index (χ1v) is 9.67. The predicted octanol–water partition coefficient (Wildman–Crippen LogP) is 6.33. The summed E-state index contributed by atoms with van der Waals surface area (Å²) in [7, 11) is 1.39. The van der Waals surface area contributed by atoms with Crippen molar-refractivity contribution in [3.05, 3.63) is 42.5 Å². The van der Waals surface area contributed by atoms with Crippen LogP contribution in [0.5, 0.6) is 5.75 Å². The van der Waals surface area contributed by atoms with Crippen LogP contribution in [0.15, 0.2) is 36.9 Å². The third-order valence-electron chi connectivity index (χ3n) is 4.40. The predicted molar refractivity (Wildman–Crippen MR) is 104 cm³/mol. The van der Waals surface area contributed by atoms with Crippen molar-refractivity contribution in [1.29, 1.82) is 0 Å². The number of hydrogen-bond acceptors (Lipinski definition) is 3. The van der Waals surface area contributed by atoms with Crippen molar-refractivity contribution in [2.24, 2.45) is 0 Å². The molecule has 1 aromatic carbocycles. The molecule has 3 heteroatoms. The van der Waals surface area contributed by atoms with E-state index in [0.717, 1.165) is 19.3 Å². The van der Waals surface area contributed by atoms with Gasteiger partial charge in [-0.3, -0.25) is 0 Å². The standard InChI is InChI=1S/C22H34O3/c1-4-6-7-8-9-10-11-12-16-19(15-5-2)25-21-18-14-13-17-20(21)22(23)24-3/h5,13-14,17-19H,2,4,6-12,15-16H2,1,3H3. The summed E-state index contributed by atoms with van der Waals surface area (Å²) in [5, 5.41) is 0. The van der Waals surface area contributed by atoms with Gasteiger partial charge in [-0.1, -0.05) is 70.1 Å². The summed E-state index contributed by atoms with van der Waals surface area (Å²) in [4.78, 5) is 11.9. The Labute approximate surface area is 153 Å². The molecule has 0 aliphatic rings. The number of methoxy groups -OCH3 is 1. The van der Waals surface area contributed by atoms with Gasteiger partial charge in [0.25, 0.3) is 0 Å². The summed E-state index contributed by atoms with van der Waals surface area (Å²) < 4.78 is 10.9. The van der Waals surface area contributed by atoms with Crippen LogP contribution in [0.25, 0.3) is 0 Å². The Bertz CT molecular complexity index is 496. The fourth-order valence-electron chi connectivity index (χ4n) is 2.94. The topological polar surface area (TPSA) is 35.5 Å². The van der Waals surface area contributed by atoms with E-state index in [-0.39, 0.29) is 12.1 Å². The number of carbonyl (C=O) groups is 1. The smallest absolute Gasteiger partial charge is 0.341 e. The van der Waals surface area contributed by atoms with Gasteiger partial charge in [0, 0.05) is 6.42 Å². The van der Waals surface area contributed by atoms with Gasteiger partial charge in [-0.25, -0.2) is 4.79 Å². The van der Waals surface area contributed by atoms with Gasteiger partial charge >= 0.3 is 5.97 Å². The normalized spacial score (nSPS) is 11.8. The van der Waals surface area contributed by atoms with Gasteiger partial charge in [-0.05, 0) is 25.0 Å². The Hall–Kier alpha value is -1.77. The lowest BCUT2D eigenvalue weighted by molar-refractivity contribution is 0.0592. The Balaban J connectivity index is 2.42. The molecule has 0 radical (unpaired) electrons. The molecule has 3 nitrogen and oxygen atoms in total. The SMILES string of the molecule is C=CCC(CCCCCCCCCC)Oc1ccccc1C(=O)OC. The van der Waals surface area contributed by atoms with Crippen LogP contribution in [0.1, 0.15) is 81.5 Å². The van der Waals surface area contributed by atoms with Crippen molar-refractivity contribution >= 4 is 5.97 Å². The zero-order chi connectivity index (χ0) is 18.3. The molecule has 0 saturated heterocycles. The minimum Gasteiger partial charge on any atom is -0.489 e. The molecular weight excluding hydrogens is 312 g/mol. The molecule has 0 saturated carbocycles. The number of rotatable bonds is 14. The second kappa shape index (κ2) is 13.5. The highest BCUT2D eigenvalue weighted by atomic mass is 16.5. The van der Waals surface area contributed by atoms with E-state index in [1.165, 1.54) is 52.1 Å². The van der Waals surface area contributed by atoms with E-state index >= 15 is 0 Å². The first-order valence-electron chi connectivity index (χ1n) is 9.67. The zero-order valence-corrected chi connectivity index (χ0v) is 16.0. The van der Waals surface area contributed by atoms with Crippen LogP contribution in [0, 0.1) is 0 Å². The fourth-order valence-corrected chi connectivity index (χ4v) is 2.94. The van der Waals surface area contributed by atoms with Crippen LogP contribution in [0.2, 0.25) is 0 Å². The van der Waals surface area contributed by atoms with Crippen molar-refractivity contribution in [2.75, 3.05) is 7.11 Å². The molecule has 1 unspecified atom stereocenters. The molecule has 1 rings (SSSR count). The van der Waals surface area contributed by atoms with Gasteiger partial charge < -0.3 is 9.47 Å². The van der Waals surface area contributed by atoms with Gasteiger partial charge in [0.05, 0.1) is 7.11 Å². The Morgan fingerprint density at radius 1 is 1.08 bits per heavy atom. The maximum absolute atomic E-state index is 11.9. The summed E-state index contributed by atoms with van der Waals surface area (Å²) in [5.41, 5.74) is 0.481. The number of ether oxygens (including phenoxy) is 2. The summed E-state index contributed by atoms with van der Waals surface area (Å²) in [6.45, 7) is 6.08. The lowest BCUT2D eigenvalue weighted by Gasteiger charge is -2.19. The number of hydrogen-bond donors (Lipinski definition) is 0. The molecule has 0 bridgehead atoms. The van der Waals surface area contributed by atoms with Gasteiger partial charge in [-0.2, -0.15) is 0 Å². The molecular formula is C22H34O3. The van der Waals surface area contributed by atoms with Gasteiger partial charge in [0.2, 0.25) is 0 Å². The van der Waals surface area contributed by atoms with Crippen LogP contribution in [-0.2, 0) is 4.74 Å². The number of para-hydroxylation sites is 1. The highest BCUT2D eigenvalue weighted by Gasteiger charge is 2.16. The third-order valence-corrected chi connectivity index (χ3v) is 4.40. The Morgan fingerprint density at radius 3 is 2.36 bits per heavy atom. The molecule has 0 aliphatic heterocycles. The van der Waals surface area contributed by atoms with E-state index in [4.69, 9.17) is 9.47 Å². The van der Waals surface area contributed by atoms with Gasteiger partial charge in [-0.15, -0.1) is 6.58 Å². The molecule has 140 valence electrons. The second-order valence-corrected chi connectivity index (χ2v) is 6.52. The van der Waals surface area contributed by atoms with Gasteiger partial charge in [0.1, 0.15) is 17.4 Å². The first kappa shape index (κ1) is 21.3. The maximum Gasteiger partial charge on any atom is 0.341 e. The number of benzene rings is 1. The number of unbranched alkanes of at least 4 members (excludes halogenated alkanes) is 7. The van der Waals surface area contributed by atoms with Crippen molar-refractivity contribution in [2.45, 2.75) is 77.2 Å². The maximum atomic E-state index is 11.9. The van der Waals surface area contributed by atoms with Crippen molar-refractivity contribution in [1.82, 2.24) is 0 Å². The minimum absolute atomic E-state index is 0.0587. The van der Waals surface area contributed by atoms with Gasteiger partial charge in [0.15, 0.2) is 0 Å². The minimum atomic E-state index is -0.361. The van der Waals surface area contributed by atoms with Crippen LogP contribution in [-0.4, -0.2) is 19.2 Å². The lowest BCUT2D eigenvalue weighted by Crippen LogP contribution is -2.17. The molecule has 0 spiro atoms. The molecule has 0 heterocycles. The summed E-state index contributed by atoms with van der Waals surface area (Å²) >= 11 is 0. The summed E-state index contributed by atoms with van der Waals surface area (Å²) in [5.74, 6) is 0.237. The monoisotopic (exact) mass is 346 g/mol. The van der Waals surface area contributed by atoms with Crippen molar-refractivity contribution < 1.29 is 14.3 Å². The third kappa shape index (κ3) is 8.76. The highest BCUT2D eigenvalue weighted by molar-refractivity contribution is 5.92. The lowest BCUT2D eigenvalue weighted by atomic mass is 10.0. The van der Waals surface area contributed by atoms with E-state index < -0.39 is 0 Å². The van der Waals surface area contributed by atoms with Crippen LogP contribution < -0.4 is 4.74 Å². The summed E-state index contributed by atoms with van der Waals surface area (Å²) in [6.07, 6.45) is 14.1. The van der Waals surface area contributed by atoms with Crippen LogP contribution >= 0.6 is 0 Å². The molecule has 25 heavy (non-hydrogen) atoms. The zero-order valence-electron chi connectivity index (χ0n) is 16.0. The number of carbonyl (C=O) groups excluding carboxylic acids is 1. The summed E-state index contributed by atoms with van der Waals surface area (Å²) in [6, 6.07) is 7.27. The Kier molecular flexibility index (Phi) is 11.5. The molecule has 0 aliphatic carbocycles. The molecule has 1 atom stereocenters. The van der Waals surface area contributed by atoms with Crippen molar-refractivity contribution in [3.63, 3.8) is 0 Å². The quantitative estimate of drug-likeness (QED) is 0.224. The molecule has 0 fully saturated rings. The molecule has 0 N–H and O–H groups in total. The highest BCUT2D eigenvalue weighted by Crippen LogP contribution is 2.23. The fraction of sp³-hybridized carbons (Fsp3) is 0.591. The van der Waals surface area contributed by atoms with E-state index in [1.807, 2.05) is 24.3 Å². The average molecular weight is 347 g/mol. The second-order valence-electron chi connectivity index (χ2n) is 6.52. The largest absolute Gasteiger partial charge is 0.489 e. The van der Waals surface area contributed by atoms with E-state index in [9.17, 15) is 4.79 Å².